The standard InChI is InChI=1S/C15H15NO5/c1-9-15-20-11(12(21-15)14(18)19-2)13(17)16(9)8-10-6-4-3-5-7-10/h3-7,11-12,15H,1,8H2,2H3/t11-,12-,15+/m1/s1. The average molecular weight is 289 g/mol. The van der Waals surface area contributed by atoms with Crippen LogP contribution in [0.3, 0.4) is 0 Å². The first-order valence-corrected chi connectivity index (χ1v) is 6.54. The number of benzene rings is 1. The van der Waals surface area contributed by atoms with Gasteiger partial charge in [-0.1, -0.05) is 36.9 Å². The van der Waals surface area contributed by atoms with Crippen LogP contribution in [0, 0.1) is 0 Å². The van der Waals surface area contributed by atoms with Gasteiger partial charge in [-0.2, -0.15) is 0 Å². The van der Waals surface area contributed by atoms with E-state index in [0.29, 0.717) is 12.2 Å². The maximum atomic E-state index is 12.5. The van der Waals surface area contributed by atoms with Crippen LogP contribution >= 0.6 is 0 Å². The van der Waals surface area contributed by atoms with Gasteiger partial charge in [0.25, 0.3) is 5.91 Å². The Kier molecular flexibility index (Phi) is 3.48. The fourth-order valence-corrected chi connectivity index (χ4v) is 2.45. The van der Waals surface area contributed by atoms with Gasteiger partial charge in [0.1, 0.15) is 0 Å². The molecule has 0 spiro atoms. The molecule has 3 rings (SSSR count). The molecule has 2 aliphatic rings. The number of esters is 1. The zero-order valence-corrected chi connectivity index (χ0v) is 11.5. The molecule has 1 aromatic carbocycles. The van der Waals surface area contributed by atoms with Crippen molar-refractivity contribution in [3.05, 3.63) is 48.2 Å². The Labute approximate surface area is 121 Å². The molecule has 110 valence electrons. The molecule has 6 nitrogen and oxygen atoms in total. The molecule has 1 aromatic rings. The molecule has 0 aliphatic carbocycles. The maximum Gasteiger partial charge on any atom is 0.338 e. The van der Waals surface area contributed by atoms with E-state index in [1.54, 1.807) is 0 Å². The van der Waals surface area contributed by atoms with Crippen LogP contribution in [-0.4, -0.2) is 42.4 Å². The summed E-state index contributed by atoms with van der Waals surface area (Å²) in [7, 11) is 1.25. The zero-order valence-electron chi connectivity index (χ0n) is 11.5. The van der Waals surface area contributed by atoms with Gasteiger partial charge >= 0.3 is 5.97 Å². The molecule has 2 heterocycles. The van der Waals surface area contributed by atoms with Crippen molar-refractivity contribution in [2.24, 2.45) is 0 Å². The number of amides is 1. The van der Waals surface area contributed by atoms with Gasteiger partial charge in [-0.25, -0.2) is 4.79 Å². The first-order valence-electron chi connectivity index (χ1n) is 6.54. The number of carbonyl (C=O) groups excluding carboxylic acids is 2. The largest absolute Gasteiger partial charge is 0.467 e. The molecule has 21 heavy (non-hydrogen) atoms. The molecule has 2 fully saturated rings. The third-order valence-corrected chi connectivity index (χ3v) is 3.56. The molecule has 0 radical (unpaired) electrons. The van der Waals surface area contributed by atoms with Gasteiger partial charge in [0.05, 0.1) is 19.4 Å². The van der Waals surface area contributed by atoms with Crippen molar-refractivity contribution in [2.45, 2.75) is 25.0 Å². The summed E-state index contributed by atoms with van der Waals surface area (Å²) >= 11 is 0. The SMILES string of the molecule is C=C1[C@@H]2O[C@@H](C(=O)OC)[C@@H](O2)C(=O)N1Cc1ccccc1. The van der Waals surface area contributed by atoms with E-state index in [1.165, 1.54) is 12.0 Å². The highest BCUT2D eigenvalue weighted by Crippen LogP contribution is 2.34. The normalized spacial score (nSPS) is 27.9. The van der Waals surface area contributed by atoms with Crippen LogP contribution in [0.2, 0.25) is 0 Å². The Morgan fingerprint density at radius 1 is 1.33 bits per heavy atom. The first-order chi connectivity index (χ1) is 10.1. The van der Waals surface area contributed by atoms with E-state index in [1.807, 2.05) is 30.3 Å². The molecule has 2 aliphatic heterocycles. The molecule has 0 N–H and O–H groups in total. The van der Waals surface area contributed by atoms with Gasteiger partial charge in [-0.05, 0) is 5.56 Å². The number of nitrogens with zero attached hydrogens (tertiary/aromatic N) is 1. The predicted molar refractivity (Wildman–Crippen MR) is 71.7 cm³/mol. The smallest absolute Gasteiger partial charge is 0.338 e. The summed E-state index contributed by atoms with van der Waals surface area (Å²) in [6.45, 7) is 4.21. The zero-order chi connectivity index (χ0) is 15.0. The molecular formula is C15H15NO5. The fourth-order valence-electron chi connectivity index (χ4n) is 2.45. The van der Waals surface area contributed by atoms with Crippen LogP contribution in [0.25, 0.3) is 0 Å². The number of rotatable bonds is 3. The van der Waals surface area contributed by atoms with E-state index in [2.05, 4.69) is 11.3 Å². The molecule has 0 aromatic heterocycles. The molecule has 0 saturated carbocycles. The Hall–Kier alpha value is -2.18. The third-order valence-electron chi connectivity index (χ3n) is 3.56. The summed E-state index contributed by atoms with van der Waals surface area (Å²) in [5.74, 6) is -0.960. The van der Waals surface area contributed by atoms with Crippen molar-refractivity contribution in [3.8, 4) is 0 Å². The fraction of sp³-hybridized carbons (Fsp3) is 0.333. The minimum Gasteiger partial charge on any atom is -0.467 e. The minimum atomic E-state index is -1.04. The first kappa shape index (κ1) is 13.8. The lowest BCUT2D eigenvalue weighted by molar-refractivity contribution is -0.155. The highest BCUT2D eigenvalue weighted by Gasteiger charge is 2.53. The van der Waals surface area contributed by atoms with Crippen molar-refractivity contribution in [3.63, 3.8) is 0 Å². The number of hydrogen-bond donors (Lipinski definition) is 0. The van der Waals surface area contributed by atoms with Gasteiger partial charge in [-0.15, -0.1) is 0 Å². The van der Waals surface area contributed by atoms with Crippen molar-refractivity contribution in [1.29, 1.82) is 0 Å². The lowest BCUT2D eigenvalue weighted by Crippen LogP contribution is -2.48. The third kappa shape index (κ3) is 2.32. The van der Waals surface area contributed by atoms with Gasteiger partial charge in [0.15, 0.2) is 12.2 Å². The monoisotopic (exact) mass is 289 g/mol. The predicted octanol–water partition coefficient (Wildman–Crippen LogP) is 0.826. The van der Waals surface area contributed by atoms with E-state index < -0.39 is 24.5 Å². The number of hydrogen-bond acceptors (Lipinski definition) is 5. The second-order valence-corrected chi connectivity index (χ2v) is 4.87. The summed E-state index contributed by atoms with van der Waals surface area (Å²) in [5.41, 5.74) is 1.36. The van der Waals surface area contributed by atoms with E-state index in [9.17, 15) is 9.59 Å². The number of morpholine rings is 1. The lowest BCUT2D eigenvalue weighted by Gasteiger charge is -2.32. The van der Waals surface area contributed by atoms with E-state index in [-0.39, 0.29) is 5.91 Å². The molecule has 2 saturated heterocycles. The Bertz CT molecular complexity index is 585. The van der Waals surface area contributed by atoms with Crippen molar-refractivity contribution in [1.82, 2.24) is 4.90 Å². The van der Waals surface area contributed by atoms with Gasteiger partial charge in [0, 0.05) is 0 Å². The average Bonchev–Trinajstić information content (AvgIpc) is 2.92. The molecular weight excluding hydrogens is 274 g/mol. The van der Waals surface area contributed by atoms with E-state index >= 15 is 0 Å². The quantitative estimate of drug-likeness (QED) is 0.771. The van der Waals surface area contributed by atoms with Crippen LogP contribution in [0.4, 0.5) is 0 Å². The van der Waals surface area contributed by atoms with Crippen LogP contribution in [0.5, 0.6) is 0 Å². The minimum absolute atomic E-state index is 0.340. The number of methoxy groups -OCH3 is 1. The van der Waals surface area contributed by atoms with Crippen LogP contribution in [0.15, 0.2) is 42.6 Å². The molecule has 2 bridgehead atoms. The lowest BCUT2D eigenvalue weighted by atomic mass is 10.1. The van der Waals surface area contributed by atoms with E-state index in [4.69, 9.17) is 9.47 Å². The van der Waals surface area contributed by atoms with Crippen LogP contribution in [-0.2, 0) is 30.3 Å². The van der Waals surface area contributed by atoms with Crippen LogP contribution in [0.1, 0.15) is 5.56 Å². The summed E-state index contributed by atoms with van der Waals surface area (Å²) < 4.78 is 15.5. The Morgan fingerprint density at radius 2 is 2.05 bits per heavy atom. The van der Waals surface area contributed by atoms with E-state index in [0.717, 1.165) is 5.56 Å². The van der Waals surface area contributed by atoms with Gasteiger partial charge in [0.2, 0.25) is 6.29 Å². The highest BCUT2D eigenvalue weighted by atomic mass is 16.7. The molecule has 3 atom stereocenters. The molecule has 6 heteroatoms. The number of carbonyl (C=O) groups is 2. The van der Waals surface area contributed by atoms with Crippen molar-refractivity contribution >= 4 is 11.9 Å². The summed E-state index contributed by atoms with van der Waals surface area (Å²) in [4.78, 5) is 25.6. The maximum absolute atomic E-state index is 12.5. The van der Waals surface area contributed by atoms with Crippen LogP contribution < -0.4 is 0 Å². The van der Waals surface area contributed by atoms with Crippen molar-refractivity contribution in [2.75, 3.05) is 7.11 Å². The molecule has 1 amide bonds. The topological polar surface area (TPSA) is 65.1 Å². The second-order valence-electron chi connectivity index (χ2n) is 4.87. The molecule has 0 unspecified atom stereocenters. The Balaban J connectivity index is 1.83. The van der Waals surface area contributed by atoms with Gasteiger partial charge in [-0.3, -0.25) is 4.79 Å². The summed E-state index contributed by atoms with van der Waals surface area (Å²) in [5, 5.41) is 0. The Morgan fingerprint density at radius 3 is 2.71 bits per heavy atom. The summed E-state index contributed by atoms with van der Waals surface area (Å²) in [6, 6.07) is 9.52. The number of ether oxygens (including phenoxy) is 3. The number of fused-ring (bicyclic) bond motifs is 2. The highest BCUT2D eigenvalue weighted by molar-refractivity contribution is 5.91. The second kappa shape index (κ2) is 5.31. The van der Waals surface area contributed by atoms with Crippen molar-refractivity contribution < 1.29 is 23.8 Å². The van der Waals surface area contributed by atoms with Gasteiger partial charge < -0.3 is 19.1 Å². The summed E-state index contributed by atoms with van der Waals surface area (Å²) in [6.07, 6.45) is -2.80.